The van der Waals surface area contributed by atoms with Crippen molar-refractivity contribution in [1.29, 1.82) is 0 Å². The van der Waals surface area contributed by atoms with Crippen LogP contribution >= 0.6 is 0 Å². The molecule has 0 aromatic carbocycles. The van der Waals surface area contributed by atoms with Crippen molar-refractivity contribution in [3.05, 3.63) is 0 Å². The molecular weight excluding hydrogens is 260 g/mol. The molecule has 17 heavy (non-hydrogen) atoms. The molecule has 0 saturated carbocycles. The number of carbonyl (C=O) groups is 2. The summed E-state index contributed by atoms with van der Waals surface area (Å²) in [6, 6.07) is -2.23. The minimum Gasteiger partial charge on any atom is -0.480 e. The van der Waals surface area contributed by atoms with Gasteiger partial charge in [0.05, 0.1) is 0 Å². The van der Waals surface area contributed by atoms with Crippen LogP contribution in [-0.2, 0) is 9.59 Å². The minimum atomic E-state index is -5.56. The van der Waals surface area contributed by atoms with Crippen molar-refractivity contribution in [1.82, 2.24) is 4.90 Å². The Balaban J connectivity index is 5.13. The Morgan fingerprint density at radius 1 is 1.18 bits per heavy atom. The Morgan fingerprint density at radius 3 is 1.82 bits per heavy atom. The number of hydrogen-bond acceptors (Lipinski definition) is 2. The first kappa shape index (κ1) is 15.5. The van der Waals surface area contributed by atoms with Crippen LogP contribution in [0.4, 0.5) is 26.3 Å². The third-order valence-corrected chi connectivity index (χ3v) is 1.68. The van der Waals surface area contributed by atoms with E-state index in [-0.39, 0.29) is 0 Å². The van der Waals surface area contributed by atoms with Crippen LogP contribution in [-0.4, -0.2) is 46.8 Å². The first-order chi connectivity index (χ1) is 7.36. The van der Waals surface area contributed by atoms with Crippen LogP contribution < -0.4 is 0 Å². The summed E-state index contributed by atoms with van der Waals surface area (Å²) in [6.45, 7) is -1.73. The largest absolute Gasteiger partial charge is 0.480 e. The fourth-order valence-electron chi connectivity index (χ4n) is 0.874. The number of carboxylic acids is 1. The van der Waals surface area contributed by atoms with Gasteiger partial charge in [0.15, 0.2) is 0 Å². The molecule has 0 saturated heterocycles. The average Bonchev–Trinajstić information content (AvgIpc) is 2.08. The van der Waals surface area contributed by atoms with E-state index in [1.54, 1.807) is 0 Å². The maximum Gasteiger partial charge on any atom is 0.471 e. The van der Waals surface area contributed by atoms with Crippen LogP contribution in [0.5, 0.6) is 0 Å². The molecule has 0 radical (unpaired) electrons. The molecule has 1 unspecified atom stereocenters. The number of halogens is 6. The van der Waals surface area contributed by atoms with E-state index in [2.05, 4.69) is 0 Å². The lowest BCUT2D eigenvalue weighted by Crippen LogP contribution is -2.52. The summed E-state index contributed by atoms with van der Waals surface area (Å²) < 4.78 is 71.6. The van der Waals surface area contributed by atoms with Crippen LogP contribution in [0.3, 0.4) is 0 Å². The molecule has 1 N–H and O–H groups in total. The third kappa shape index (κ3) is 4.91. The van der Waals surface area contributed by atoms with Crippen molar-refractivity contribution >= 4 is 11.9 Å². The summed E-state index contributed by atoms with van der Waals surface area (Å²) in [5.41, 5.74) is 0. The van der Waals surface area contributed by atoms with E-state index in [1.807, 2.05) is 0 Å². The van der Waals surface area contributed by atoms with E-state index < -0.39 is 41.7 Å². The molecule has 10 heteroatoms. The number of alkyl halides is 6. The van der Waals surface area contributed by atoms with Crippen molar-refractivity contribution < 1.29 is 41.0 Å². The molecule has 0 aliphatic heterocycles. The van der Waals surface area contributed by atoms with Gasteiger partial charge in [0, 0.05) is 0 Å². The Hall–Kier alpha value is -1.48. The molecule has 0 aliphatic carbocycles. The van der Waals surface area contributed by atoms with Gasteiger partial charge in [0.1, 0.15) is 12.6 Å². The number of carboxylic acid groups (broad SMARTS) is 1. The zero-order valence-electron chi connectivity index (χ0n) is 8.26. The van der Waals surface area contributed by atoms with Crippen LogP contribution in [0, 0.1) is 0 Å². The standard InChI is InChI=1S/C7H7F6NO3/c1-3(4(15)16)14(2-6(8,9)10)5(17)7(11,12)13/h3H,2H2,1H3,(H,15,16). The second-order valence-corrected chi connectivity index (χ2v) is 3.06. The van der Waals surface area contributed by atoms with E-state index in [9.17, 15) is 35.9 Å². The van der Waals surface area contributed by atoms with Gasteiger partial charge >= 0.3 is 24.2 Å². The molecule has 1 amide bonds. The maximum absolute atomic E-state index is 11.9. The predicted octanol–water partition coefficient (Wildman–Crippen LogP) is 1.41. The second kappa shape index (κ2) is 4.80. The molecule has 4 nitrogen and oxygen atoms in total. The summed E-state index contributed by atoms with van der Waals surface area (Å²) in [5.74, 6) is -4.81. The molecule has 0 spiro atoms. The van der Waals surface area contributed by atoms with Crippen molar-refractivity contribution in [2.45, 2.75) is 25.3 Å². The van der Waals surface area contributed by atoms with E-state index in [0.29, 0.717) is 6.92 Å². The maximum atomic E-state index is 11.9. The van der Waals surface area contributed by atoms with E-state index in [0.717, 1.165) is 0 Å². The summed E-state index contributed by atoms with van der Waals surface area (Å²) in [7, 11) is 0. The highest BCUT2D eigenvalue weighted by molar-refractivity contribution is 5.86. The van der Waals surface area contributed by atoms with Crippen LogP contribution in [0.25, 0.3) is 0 Å². The normalized spacial score (nSPS) is 14.3. The molecular formula is C7H7F6NO3. The monoisotopic (exact) mass is 267 g/mol. The minimum absolute atomic E-state index is 0.553. The van der Waals surface area contributed by atoms with E-state index in [4.69, 9.17) is 5.11 Å². The fraction of sp³-hybridized carbons (Fsp3) is 0.714. The lowest BCUT2D eigenvalue weighted by molar-refractivity contribution is -0.203. The number of aliphatic carboxylic acids is 1. The second-order valence-electron chi connectivity index (χ2n) is 3.06. The number of rotatable bonds is 3. The summed E-state index contributed by atoms with van der Waals surface area (Å²) in [5, 5.41) is 8.34. The first-order valence-electron chi connectivity index (χ1n) is 4.03. The smallest absolute Gasteiger partial charge is 0.471 e. The molecule has 0 aromatic rings. The molecule has 0 aromatic heterocycles. The predicted molar refractivity (Wildman–Crippen MR) is 40.9 cm³/mol. The van der Waals surface area contributed by atoms with Gasteiger partial charge < -0.3 is 10.0 Å². The summed E-state index contributed by atoms with van der Waals surface area (Å²) >= 11 is 0. The van der Waals surface area contributed by atoms with Gasteiger partial charge in [-0.2, -0.15) is 26.3 Å². The van der Waals surface area contributed by atoms with Gasteiger partial charge in [-0.3, -0.25) is 4.79 Å². The van der Waals surface area contributed by atoms with Crippen molar-refractivity contribution in [2.75, 3.05) is 6.54 Å². The molecule has 0 fully saturated rings. The molecule has 0 rings (SSSR count). The van der Waals surface area contributed by atoms with Gasteiger partial charge in [-0.1, -0.05) is 0 Å². The van der Waals surface area contributed by atoms with Crippen LogP contribution in [0.15, 0.2) is 0 Å². The van der Waals surface area contributed by atoms with Crippen molar-refractivity contribution in [3.8, 4) is 0 Å². The molecule has 1 atom stereocenters. The quantitative estimate of drug-likeness (QED) is 0.786. The van der Waals surface area contributed by atoms with E-state index in [1.165, 1.54) is 0 Å². The van der Waals surface area contributed by atoms with Gasteiger partial charge in [-0.25, -0.2) is 4.79 Å². The lowest BCUT2D eigenvalue weighted by atomic mass is 10.2. The Bertz CT molecular complexity index is 310. The van der Waals surface area contributed by atoms with Crippen LogP contribution in [0.1, 0.15) is 6.92 Å². The lowest BCUT2D eigenvalue weighted by Gasteiger charge is -2.27. The topological polar surface area (TPSA) is 57.6 Å². The zero-order chi connectivity index (χ0) is 14.0. The number of hydrogen-bond donors (Lipinski definition) is 1. The van der Waals surface area contributed by atoms with Crippen molar-refractivity contribution in [2.24, 2.45) is 0 Å². The molecule has 100 valence electrons. The Morgan fingerprint density at radius 2 is 1.59 bits per heavy atom. The Labute approximate surface area is 90.8 Å². The Kier molecular flexibility index (Phi) is 4.38. The molecule has 0 aliphatic rings. The molecule has 0 heterocycles. The van der Waals surface area contributed by atoms with Gasteiger partial charge in [0.25, 0.3) is 0 Å². The number of carbonyl (C=O) groups excluding carboxylic acids is 1. The number of amides is 1. The van der Waals surface area contributed by atoms with Crippen molar-refractivity contribution in [3.63, 3.8) is 0 Å². The van der Waals surface area contributed by atoms with Gasteiger partial charge in [-0.15, -0.1) is 0 Å². The first-order valence-corrected chi connectivity index (χ1v) is 4.03. The molecule has 0 bridgehead atoms. The van der Waals surface area contributed by atoms with Crippen LogP contribution in [0.2, 0.25) is 0 Å². The zero-order valence-corrected chi connectivity index (χ0v) is 8.26. The SMILES string of the molecule is CC(C(=O)O)N(CC(F)(F)F)C(=O)C(F)(F)F. The highest BCUT2D eigenvalue weighted by Gasteiger charge is 2.48. The van der Waals surface area contributed by atoms with Gasteiger partial charge in [-0.05, 0) is 6.92 Å². The number of nitrogens with zero attached hydrogens (tertiary/aromatic N) is 1. The van der Waals surface area contributed by atoms with E-state index >= 15 is 0 Å². The van der Waals surface area contributed by atoms with Gasteiger partial charge in [0.2, 0.25) is 0 Å². The highest BCUT2D eigenvalue weighted by Crippen LogP contribution is 2.24. The third-order valence-electron chi connectivity index (χ3n) is 1.68. The fourth-order valence-corrected chi connectivity index (χ4v) is 0.874. The summed E-state index contributed by atoms with van der Waals surface area (Å²) in [4.78, 5) is 20.2. The average molecular weight is 267 g/mol. The summed E-state index contributed by atoms with van der Waals surface area (Å²) in [6.07, 6.45) is -10.7. The highest BCUT2D eigenvalue weighted by atomic mass is 19.4.